The van der Waals surface area contributed by atoms with Crippen molar-refractivity contribution in [2.24, 2.45) is 0 Å². The first kappa shape index (κ1) is 18.0. The van der Waals surface area contributed by atoms with Crippen molar-refractivity contribution >= 4 is 30.0 Å². The zero-order valence-corrected chi connectivity index (χ0v) is 15.8. The second kappa shape index (κ2) is 8.56. The summed E-state index contributed by atoms with van der Waals surface area (Å²) in [6.07, 6.45) is 12.0. The Bertz CT molecular complexity index is 1010. The molecule has 0 saturated carbocycles. The Balaban J connectivity index is 1.49. The van der Waals surface area contributed by atoms with Crippen LogP contribution in [0.1, 0.15) is 12.0 Å². The summed E-state index contributed by atoms with van der Waals surface area (Å²) in [4.78, 5) is 13.0. The van der Waals surface area contributed by atoms with Crippen molar-refractivity contribution in [3.8, 4) is 0 Å². The van der Waals surface area contributed by atoms with Crippen molar-refractivity contribution in [3.63, 3.8) is 0 Å². The second-order valence-electron chi connectivity index (χ2n) is 6.45. The van der Waals surface area contributed by atoms with Gasteiger partial charge in [-0.15, -0.1) is 0 Å². The van der Waals surface area contributed by atoms with Gasteiger partial charge in [0.25, 0.3) is 0 Å². The van der Waals surface area contributed by atoms with E-state index >= 15 is 0 Å². The highest BCUT2D eigenvalue weighted by molar-refractivity contribution is 6.54. The predicted molar refractivity (Wildman–Crippen MR) is 111 cm³/mol. The van der Waals surface area contributed by atoms with E-state index in [1.54, 1.807) is 12.4 Å². The number of nitrogens with one attached hydrogen (secondary N) is 2. The van der Waals surface area contributed by atoms with Gasteiger partial charge in [-0.25, -0.2) is 9.97 Å². The van der Waals surface area contributed by atoms with E-state index in [0.29, 0.717) is 6.54 Å². The average molecular weight is 373 g/mol. The predicted octanol–water partition coefficient (Wildman–Crippen LogP) is 1.81. The number of aromatic nitrogens is 6. The molecule has 0 aliphatic rings. The van der Waals surface area contributed by atoms with Gasteiger partial charge >= 0.3 is 0 Å². The number of rotatable bonds is 9. The minimum Gasteiger partial charge on any atom is -0.370 e. The van der Waals surface area contributed by atoms with Crippen molar-refractivity contribution in [2.75, 3.05) is 17.2 Å². The molecule has 141 valence electrons. The number of imidazole rings is 1. The zero-order valence-electron chi connectivity index (χ0n) is 15.8. The molecule has 0 atom stereocenters. The first-order chi connectivity index (χ1) is 13.8. The molecule has 4 heterocycles. The Labute approximate surface area is 164 Å². The van der Waals surface area contributed by atoms with Gasteiger partial charge in [0.15, 0.2) is 12.9 Å². The fourth-order valence-electron chi connectivity index (χ4n) is 2.99. The first-order valence-corrected chi connectivity index (χ1v) is 9.34. The summed E-state index contributed by atoms with van der Waals surface area (Å²) in [5.74, 6) is 1.72. The van der Waals surface area contributed by atoms with E-state index in [-0.39, 0.29) is 0 Å². The first-order valence-electron chi connectivity index (χ1n) is 9.34. The average Bonchev–Trinajstić information content (AvgIpc) is 3.40. The summed E-state index contributed by atoms with van der Waals surface area (Å²) in [6.45, 7) is 4.40. The normalized spacial score (nSPS) is 10.9. The molecule has 4 rings (SSSR count). The third-order valence-electron chi connectivity index (χ3n) is 4.46. The van der Waals surface area contributed by atoms with Crippen molar-refractivity contribution in [3.05, 3.63) is 61.1 Å². The van der Waals surface area contributed by atoms with Crippen LogP contribution in [0.15, 0.2) is 55.5 Å². The highest BCUT2D eigenvalue weighted by atomic mass is 15.3. The van der Waals surface area contributed by atoms with Crippen LogP contribution in [0.3, 0.4) is 0 Å². The van der Waals surface area contributed by atoms with Gasteiger partial charge in [0.1, 0.15) is 11.6 Å². The molecule has 0 amide bonds. The molecule has 0 aliphatic carbocycles. The Morgan fingerprint density at radius 3 is 2.89 bits per heavy atom. The lowest BCUT2D eigenvalue weighted by Gasteiger charge is -2.12. The molecule has 28 heavy (non-hydrogen) atoms. The van der Waals surface area contributed by atoms with E-state index in [1.807, 2.05) is 61.7 Å². The van der Waals surface area contributed by atoms with Gasteiger partial charge in [0.05, 0.1) is 6.33 Å². The van der Waals surface area contributed by atoms with Crippen LogP contribution in [0.2, 0.25) is 6.82 Å². The monoisotopic (exact) mass is 373 g/mol. The van der Waals surface area contributed by atoms with Crippen LogP contribution in [0, 0.1) is 0 Å². The molecule has 0 aromatic carbocycles. The van der Waals surface area contributed by atoms with Gasteiger partial charge in [-0.1, -0.05) is 12.9 Å². The van der Waals surface area contributed by atoms with Crippen LogP contribution in [-0.2, 0) is 13.1 Å². The van der Waals surface area contributed by atoms with Gasteiger partial charge in [-0.3, -0.25) is 4.98 Å². The molecule has 4 aromatic rings. The quantitative estimate of drug-likeness (QED) is 0.344. The van der Waals surface area contributed by atoms with E-state index in [2.05, 4.69) is 30.3 Å². The maximum absolute atomic E-state index is 4.74. The largest absolute Gasteiger partial charge is 0.370 e. The number of aryl methyl sites for hydroxylation is 1. The Kier molecular flexibility index (Phi) is 5.51. The molecule has 0 saturated heterocycles. The molecule has 9 heteroatoms. The number of fused-ring (bicyclic) bond motifs is 1. The van der Waals surface area contributed by atoms with Crippen molar-refractivity contribution in [1.29, 1.82) is 0 Å². The summed E-state index contributed by atoms with van der Waals surface area (Å²) < 4.78 is 3.91. The number of hydrogen-bond donors (Lipinski definition) is 2. The minimum atomic E-state index is 0.665. The second-order valence-corrected chi connectivity index (χ2v) is 6.45. The molecule has 4 aromatic heterocycles. The lowest BCUT2D eigenvalue weighted by molar-refractivity contribution is 0.660. The zero-order chi connectivity index (χ0) is 19.2. The SMILES string of the molecule is C[B]c1cnn2c(NCc3cccnc3)cc(NCCCn3ccnc3)nc12. The van der Waals surface area contributed by atoms with E-state index in [1.165, 1.54) is 0 Å². The van der Waals surface area contributed by atoms with E-state index < -0.39 is 0 Å². The van der Waals surface area contributed by atoms with Crippen LogP contribution < -0.4 is 16.1 Å². The fraction of sp³-hybridized carbons (Fsp3) is 0.263. The van der Waals surface area contributed by atoms with Crippen LogP contribution >= 0.6 is 0 Å². The van der Waals surface area contributed by atoms with Gasteiger partial charge in [-0.05, 0) is 23.5 Å². The van der Waals surface area contributed by atoms with Crippen molar-refractivity contribution in [1.82, 2.24) is 29.1 Å². The fourth-order valence-corrected chi connectivity index (χ4v) is 2.99. The molecular formula is C19H22BN8. The summed E-state index contributed by atoms with van der Waals surface area (Å²) in [6, 6.07) is 5.97. The third kappa shape index (κ3) is 4.14. The van der Waals surface area contributed by atoms with Crippen molar-refractivity contribution < 1.29 is 0 Å². The van der Waals surface area contributed by atoms with Crippen LogP contribution in [0.25, 0.3) is 5.65 Å². The molecule has 0 fully saturated rings. The van der Waals surface area contributed by atoms with Crippen molar-refractivity contribution in [2.45, 2.75) is 26.3 Å². The summed E-state index contributed by atoms with van der Waals surface area (Å²) in [5.41, 5.74) is 2.94. The molecule has 1 radical (unpaired) electrons. The minimum absolute atomic E-state index is 0.665. The van der Waals surface area contributed by atoms with E-state index in [0.717, 1.165) is 47.8 Å². The van der Waals surface area contributed by atoms with Gasteiger partial charge in [0.2, 0.25) is 0 Å². The standard InChI is InChI=1S/C19H22BN8/c1-20-16-13-25-28-18(24-12-15-4-2-5-21-11-15)10-17(26-19(16)28)23-6-3-8-27-9-7-22-14-27/h2,4-5,7,9-11,13-14,24H,3,6,8,12H2,1H3,(H,23,26). The number of hydrogen-bond acceptors (Lipinski definition) is 6. The molecular weight excluding hydrogens is 351 g/mol. The van der Waals surface area contributed by atoms with Gasteiger partial charge in [0, 0.05) is 56.7 Å². The summed E-state index contributed by atoms with van der Waals surface area (Å²) >= 11 is 0. The number of nitrogens with zero attached hydrogens (tertiary/aromatic N) is 6. The van der Waals surface area contributed by atoms with E-state index in [4.69, 9.17) is 4.98 Å². The van der Waals surface area contributed by atoms with Gasteiger partial charge in [-0.2, -0.15) is 9.61 Å². The van der Waals surface area contributed by atoms with E-state index in [9.17, 15) is 0 Å². The van der Waals surface area contributed by atoms with Crippen LogP contribution in [0.5, 0.6) is 0 Å². The number of anilines is 2. The Morgan fingerprint density at radius 2 is 2.11 bits per heavy atom. The van der Waals surface area contributed by atoms with Crippen LogP contribution in [0.4, 0.5) is 11.6 Å². The lowest BCUT2D eigenvalue weighted by atomic mass is 9.75. The Morgan fingerprint density at radius 1 is 1.14 bits per heavy atom. The summed E-state index contributed by atoms with van der Waals surface area (Å²) in [5, 5.41) is 11.4. The smallest absolute Gasteiger partial charge is 0.155 e. The summed E-state index contributed by atoms with van der Waals surface area (Å²) in [7, 11) is 2.02. The molecule has 0 bridgehead atoms. The maximum atomic E-state index is 4.74. The molecule has 0 aliphatic heterocycles. The molecule has 2 N–H and O–H groups in total. The molecule has 0 spiro atoms. The maximum Gasteiger partial charge on any atom is 0.155 e. The Hall–Kier alpha value is -3.36. The molecule has 0 unspecified atom stereocenters. The number of pyridine rings is 1. The van der Waals surface area contributed by atoms with Crippen LogP contribution in [-0.4, -0.2) is 43.0 Å². The third-order valence-corrected chi connectivity index (χ3v) is 4.46. The van der Waals surface area contributed by atoms with Gasteiger partial charge < -0.3 is 15.2 Å². The molecule has 8 nitrogen and oxygen atoms in total. The highest BCUT2D eigenvalue weighted by Crippen LogP contribution is 2.16. The topological polar surface area (TPSA) is 85.0 Å². The highest BCUT2D eigenvalue weighted by Gasteiger charge is 2.11. The lowest BCUT2D eigenvalue weighted by Crippen LogP contribution is -2.15.